The molecule has 0 N–H and O–H groups in total. The van der Waals surface area contributed by atoms with E-state index in [1.165, 1.54) is 0 Å². The summed E-state index contributed by atoms with van der Waals surface area (Å²) in [7, 11) is 0. The summed E-state index contributed by atoms with van der Waals surface area (Å²) < 4.78 is 5.18. The van der Waals surface area contributed by atoms with Gasteiger partial charge in [-0.25, -0.2) is 4.79 Å². The minimum absolute atomic E-state index is 0.226. The molecule has 0 spiro atoms. The van der Waals surface area contributed by atoms with E-state index in [1.807, 2.05) is 60.7 Å². The molecule has 0 unspecified atom stereocenters. The van der Waals surface area contributed by atoms with Gasteiger partial charge in [0.05, 0.1) is 17.8 Å². The van der Waals surface area contributed by atoms with Crippen molar-refractivity contribution in [2.24, 2.45) is 0 Å². The van der Waals surface area contributed by atoms with Crippen molar-refractivity contribution in [3.8, 4) is 0 Å². The van der Waals surface area contributed by atoms with E-state index in [9.17, 15) is 9.59 Å². The average Bonchev–Trinajstić information content (AvgIpc) is 2.87. The Hall–Kier alpha value is -3.14. The molecule has 2 aromatic carbocycles. The predicted molar refractivity (Wildman–Crippen MR) is 97.7 cm³/mol. The van der Waals surface area contributed by atoms with Crippen molar-refractivity contribution < 1.29 is 14.3 Å². The second-order valence-corrected chi connectivity index (χ2v) is 5.63. The van der Waals surface area contributed by atoms with E-state index < -0.39 is 5.97 Å². The molecule has 0 saturated heterocycles. The van der Waals surface area contributed by atoms with Gasteiger partial charge in [-0.3, -0.25) is 9.69 Å². The molecule has 0 atom stereocenters. The SMILES string of the molecule is CCOC(=O)C1=C(C)N(c2ccccc2)C(=O)/C1=C\c1ccccc1. The number of anilines is 1. The molecular weight excluding hydrogens is 314 g/mol. The van der Waals surface area contributed by atoms with E-state index in [-0.39, 0.29) is 12.5 Å². The highest BCUT2D eigenvalue weighted by Gasteiger charge is 2.37. The van der Waals surface area contributed by atoms with Crippen molar-refractivity contribution in [3.63, 3.8) is 0 Å². The quantitative estimate of drug-likeness (QED) is 0.628. The second-order valence-electron chi connectivity index (χ2n) is 5.63. The topological polar surface area (TPSA) is 46.6 Å². The Morgan fingerprint density at radius 3 is 2.24 bits per heavy atom. The maximum atomic E-state index is 13.0. The van der Waals surface area contributed by atoms with Gasteiger partial charge in [0.2, 0.25) is 0 Å². The summed E-state index contributed by atoms with van der Waals surface area (Å²) in [5, 5.41) is 0. The molecule has 1 heterocycles. The maximum Gasteiger partial charge on any atom is 0.340 e. The Labute approximate surface area is 147 Å². The highest BCUT2D eigenvalue weighted by Crippen LogP contribution is 2.35. The zero-order valence-corrected chi connectivity index (χ0v) is 14.2. The molecule has 1 aliphatic rings. The summed E-state index contributed by atoms with van der Waals surface area (Å²) in [4.78, 5) is 27.1. The number of para-hydroxylation sites is 1. The lowest BCUT2D eigenvalue weighted by Crippen LogP contribution is -2.24. The number of ether oxygens (including phenoxy) is 1. The number of esters is 1. The molecule has 0 radical (unpaired) electrons. The van der Waals surface area contributed by atoms with Crippen molar-refractivity contribution in [3.05, 3.63) is 83.1 Å². The fourth-order valence-electron chi connectivity index (χ4n) is 2.89. The summed E-state index contributed by atoms with van der Waals surface area (Å²) in [5.74, 6) is -0.704. The molecule has 25 heavy (non-hydrogen) atoms. The molecular formula is C21H19NO3. The third-order valence-electron chi connectivity index (χ3n) is 4.00. The minimum Gasteiger partial charge on any atom is -0.462 e. The van der Waals surface area contributed by atoms with E-state index >= 15 is 0 Å². The fraction of sp³-hybridized carbons (Fsp3) is 0.143. The molecule has 0 saturated carbocycles. The molecule has 3 rings (SSSR count). The standard InChI is InChI=1S/C21H19NO3/c1-3-25-21(24)19-15(2)22(17-12-8-5-9-13-17)20(23)18(19)14-16-10-6-4-7-11-16/h4-14H,3H2,1-2H3/b18-14-. The van der Waals surface area contributed by atoms with Crippen molar-refractivity contribution in [2.75, 3.05) is 11.5 Å². The van der Waals surface area contributed by atoms with Crippen LogP contribution in [0.15, 0.2) is 77.5 Å². The van der Waals surface area contributed by atoms with Crippen LogP contribution in [0, 0.1) is 0 Å². The van der Waals surface area contributed by atoms with Gasteiger partial charge in [0, 0.05) is 11.4 Å². The van der Waals surface area contributed by atoms with Crippen LogP contribution >= 0.6 is 0 Å². The third-order valence-corrected chi connectivity index (χ3v) is 4.00. The van der Waals surface area contributed by atoms with Gasteiger partial charge in [0.25, 0.3) is 5.91 Å². The van der Waals surface area contributed by atoms with Crippen molar-refractivity contribution in [1.29, 1.82) is 0 Å². The number of hydrogen-bond acceptors (Lipinski definition) is 3. The van der Waals surface area contributed by atoms with E-state index in [0.717, 1.165) is 11.3 Å². The van der Waals surface area contributed by atoms with Crippen LogP contribution in [-0.4, -0.2) is 18.5 Å². The van der Waals surface area contributed by atoms with Crippen LogP contribution in [0.1, 0.15) is 19.4 Å². The zero-order valence-electron chi connectivity index (χ0n) is 14.2. The molecule has 0 bridgehead atoms. The van der Waals surface area contributed by atoms with Gasteiger partial charge < -0.3 is 4.74 Å². The van der Waals surface area contributed by atoms with Crippen LogP contribution in [0.3, 0.4) is 0 Å². The summed E-state index contributed by atoms with van der Waals surface area (Å²) in [6, 6.07) is 18.8. The third kappa shape index (κ3) is 3.24. The minimum atomic E-state index is -0.478. The molecule has 1 amide bonds. The second kappa shape index (κ2) is 7.18. The Kier molecular flexibility index (Phi) is 4.80. The first-order valence-electron chi connectivity index (χ1n) is 8.18. The zero-order chi connectivity index (χ0) is 17.8. The lowest BCUT2D eigenvalue weighted by molar-refractivity contribution is -0.138. The lowest BCUT2D eigenvalue weighted by Gasteiger charge is -2.17. The van der Waals surface area contributed by atoms with E-state index in [2.05, 4.69) is 0 Å². The van der Waals surface area contributed by atoms with Gasteiger partial charge >= 0.3 is 5.97 Å². The Morgan fingerprint density at radius 2 is 1.64 bits per heavy atom. The van der Waals surface area contributed by atoms with E-state index in [4.69, 9.17) is 4.74 Å². The molecule has 0 aliphatic carbocycles. The van der Waals surface area contributed by atoms with Crippen LogP contribution in [0.25, 0.3) is 6.08 Å². The number of hydrogen-bond donors (Lipinski definition) is 0. The molecule has 126 valence electrons. The number of allylic oxidation sites excluding steroid dienone is 1. The summed E-state index contributed by atoms with van der Waals surface area (Å²) >= 11 is 0. The largest absolute Gasteiger partial charge is 0.462 e. The molecule has 4 heteroatoms. The van der Waals surface area contributed by atoms with Gasteiger partial charge in [0.1, 0.15) is 0 Å². The highest BCUT2D eigenvalue weighted by atomic mass is 16.5. The Balaban J connectivity index is 2.12. The molecule has 2 aromatic rings. The van der Waals surface area contributed by atoms with Gasteiger partial charge in [-0.15, -0.1) is 0 Å². The van der Waals surface area contributed by atoms with Crippen LogP contribution in [-0.2, 0) is 14.3 Å². The first-order valence-corrected chi connectivity index (χ1v) is 8.18. The van der Waals surface area contributed by atoms with Crippen molar-refractivity contribution in [2.45, 2.75) is 13.8 Å². The highest BCUT2D eigenvalue weighted by molar-refractivity contribution is 6.23. The smallest absolute Gasteiger partial charge is 0.340 e. The van der Waals surface area contributed by atoms with Crippen molar-refractivity contribution >= 4 is 23.6 Å². The van der Waals surface area contributed by atoms with Gasteiger partial charge in [-0.1, -0.05) is 48.5 Å². The first kappa shape index (κ1) is 16.7. The summed E-state index contributed by atoms with van der Waals surface area (Å²) in [6.45, 7) is 3.77. The van der Waals surface area contributed by atoms with Gasteiger partial charge in [0.15, 0.2) is 0 Å². The predicted octanol–water partition coefficient (Wildman–Crippen LogP) is 3.95. The monoisotopic (exact) mass is 333 g/mol. The average molecular weight is 333 g/mol. The van der Waals surface area contributed by atoms with E-state index in [1.54, 1.807) is 24.8 Å². The molecule has 4 nitrogen and oxygen atoms in total. The first-order chi connectivity index (χ1) is 12.1. The normalized spacial score (nSPS) is 15.8. The van der Waals surface area contributed by atoms with Crippen LogP contribution in [0.5, 0.6) is 0 Å². The molecule has 1 aliphatic heterocycles. The van der Waals surface area contributed by atoms with Gasteiger partial charge in [-0.05, 0) is 37.6 Å². The maximum absolute atomic E-state index is 13.0. The van der Waals surface area contributed by atoms with Crippen LogP contribution in [0.4, 0.5) is 5.69 Å². The van der Waals surface area contributed by atoms with Crippen molar-refractivity contribution in [1.82, 2.24) is 0 Å². The van der Waals surface area contributed by atoms with Crippen LogP contribution < -0.4 is 4.90 Å². The van der Waals surface area contributed by atoms with Gasteiger partial charge in [-0.2, -0.15) is 0 Å². The number of carbonyl (C=O) groups is 2. The fourth-order valence-corrected chi connectivity index (χ4v) is 2.89. The number of rotatable bonds is 4. The number of carbonyl (C=O) groups excluding carboxylic acids is 2. The Bertz CT molecular complexity index is 851. The molecule has 0 fully saturated rings. The summed E-state index contributed by atoms with van der Waals surface area (Å²) in [5.41, 5.74) is 2.83. The lowest BCUT2D eigenvalue weighted by atomic mass is 10.0. The van der Waals surface area contributed by atoms with Crippen LogP contribution in [0.2, 0.25) is 0 Å². The van der Waals surface area contributed by atoms with E-state index in [0.29, 0.717) is 16.8 Å². The number of benzene rings is 2. The number of amides is 1. The number of nitrogens with zero attached hydrogens (tertiary/aromatic N) is 1. The summed E-state index contributed by atoms with van der Waals surface area (Å²) in [6.07, 6.45) is 1.74. The Morgan fingerprint density at radius 1 is 1.04 bits per heavy atom. The molecule has 0 aromatic heterocycles.